The molecule has 0 spiro atoms. The van der Waals surface area contributed by atoms with Crippen LogP contribution in [0.1, 0.15) is 43.7 Å². The molecule has 3 amide bonds. The highest BCUT2D eigenvalue weighted by atomic mass is 19.4. The van der Waals surface area contributed by atoms with E-state index in [0.717, 1.165) is 16.0 Å². The van der Waals surface area contributed by atoms with Crippen LogP contribution in [-0.4, -0.2) is 78.5 Å². The molecule has 1 saturated heterocycles. The normalized spacial score (nSPS) is 16.8. The van der Waals surface area contributed by atoms with Crippen LogP contribution in [0.5, 0.6) is 0 Å². The van der Waals surface area contributed by atoms with Gasteiger partial charge in [0.15, 0.2) is 0 Å². The van der Waals surface area contributed by atoms with Crippen molar-refractivity contribution >= 4 is 17.7 Å². The van der Waals surface area contributed by atoms with E-state index < -0.39 is 24.2 Å². The van der Waals surface area contributed by atoms with E-state index in [9.17, 15) is 27.6 Å². The second-order valence-electron chi connectivity index (χ2n) is 10.2. The molecule has 2 aromatic carbocycles. The Bertz CT molecular complexity index is 1100. The maximum absolute atomic E-state index is 13.7. The molecule has 0 saturated carbocycles. The molecule has 0 aromatic heterocycles. The fourth-order valence-electron chi connectivity index (χ4n) is 4.97. The number of hydrogen-bond donors (Lipinski definition) is 2. The molecule has 218 valence electrons. The van der Waals surface area contributed by atoms with Crippen LogP contribution in [-0.2, 0) is 27.2 Å². The summed E-state index contributed by atoms with van der Waals surface area (Å²) in [6.07, 6.45) is -2.13. The average molecular weight is 561 g/mol. The lowest BCUT2D eigenvalue weighted by Crippen LogP contribution is -2.54. The molecular formula is C30H39F3N4O3. The molecule has 0 radical (unpaired) electrons. The number of likely N-dealkylation sites (N-methyl/N-ethyl adjacent to an activating group) is 1. The third-order valence-electron chi connectivity index (χ3n) is 7.44. The Labute approximate surface area is 234 Å². The molecular weight excluding hydrogens is 521 g/mol. The van der Waals surface area contributed by atoms with E-state index in [1.54, 1.807) is 31.0 Å². The van der Waals surface area contributed by atoms with Gasteiger partial charge in [-0.25, -0.2) is 0 Å². The Hall–Kier alpha value is -3.40. The lowest BCUT2D eigenvalue weighted by atomic mass is 10.0. The van der Waals surface area contributed by atoms with E-state index in [1.807, 2.05) is 48.5 Å². The number of amides is 3. The molecule has 0 bridgehead atoms. The smallest absolute Gasteiger partial charge is 0.343 e. The number of hydrogen-bond acceptors (Lipinski definition) is 4. The molecule has 0 unspecified atom stereocenters. The summed E-state index contributed by atoms with van der Waals surface area (Å²) in [6, 6.07) is 17.1. The predicted octanol–water partition coefficient (Wildman–Crippen LogP) is 3.73. The van der Waals surface area contributed by atoms with Crippen molar-refractivity contribution < 1.29 is 27.6 Å². The van der Waals surface area contributed by atoms with E-state index in [2.05, 4.69) is 10.6 Å². The van der Waals surface area contributed by atoms with Gasteiger partial charge in [-0.15, -0.1) is 0 Å². The largest absolute Gasteiger partial charge is 0.471 e. The number of aryl methyl sites for hydroxylation is 1. The highest BCUT2D eigenvalue weighted by Gasteiger charge is 2.43. The fourth-order valence-corrected chi connectivity index (χ4v) is 4.97. The van der Waals surface area contributed by atoms with Gasteiger partial charge in [0.2, 0.25) is 11.8 Å². The molecule has 3 atom stereocenters. The van der Waals surface area contributed by atoms with Gasteiger partial charge in [-0.3, -0.25) is 14.4 Å². The van der Waals surface area contributed by atoms with Gasteiger partial charge < -0.3 is 20.4 Å². The van der Waals surface area contributed by atoms with Gasteiger partial charge in [-0.1, -0.05) is 60.7 Å². The molecule has 2 N–H and O–H groups in total. The number of nitrogens with zero attached hydrogens (tertiary/aromatic N) is 2. The Morgan fingerprint density at radius 2 is 1.57 bits per heavy atom. The van der Waals surface area contributed by atoms with Crippen molar-refractivity contribution in [1.29, 1.82) is 0 Å². The number of carbonyl (C=O) groups is 3. The molecule has 0 aliphatic carbocycles. The number of benzene rings is 2. The minimum absolute atomic E-state index is 0.0688. The number of alkyl halides is 3. The summed E-state index contributed by atoms with van der Waals surface area (Å²) in [5.41, 5.74) is 1.88. The first-order chi connectivity index (χ1) is 19.1. The summed E-state index contributed by atoms with van der Waals surface area (Å²) in [4.78, 5) is 41.1. The topological polar surface area (TPSA) is 81.8 Å². The molecule has 1 fully saturated rings. The van der Waals surface area contributed by atoms with Crippen LogP contribution in [0, 0.1) is 0 Å². The van der Waals surface area contributed by atoms with Gasteiger partial charge in [-0.05, 0) is 63.6 Å². The van der Waals surface area contributed by atoms with Crippen LogP contribution < -0.4 is 10.6 Å². The molecule has 7 nitrogen and oxygen atoms in total. The van der Waals surface area contributed by atoms with Crippen LogP contribution in [0.3, 0.4) is 0 Å². The van der Waals surface area contributed by atoms with Crippen molar-refractivity contribution in [3.63, 3.8) is 0 Å². The van der Waals surface area contributed by atoms with Gasteiger partial charge in [0.25, 0.3) is 0 Å². The number of halogens is 3. The van der Waals surface area contributed by atoms with E-state index in [0.29, 0.717) is 38.6 Å². The lowest BCUT2D eigenvalue weighted by Gasteiger charge is -2.32. The lowest BCUT2D eigenvalue weighted by molar-refractivity contribution is -0.185. The Kier molecular flexibility index (Phi) is 11.5. The molecule has 3 rings (SSSR count). The quantitative estimate of drug-likeness (QED) is 0.391. The monoisotopic (exact) mass is 560 g/mol. The van der Waals surface area contributed by atoms with Gasteiger partial charge in [0.05, 0.1) is 6.04 Å². The number of nitrogens with one attached hydrogen (secondary N) is 2. The molecule has 2 aromatic rings. The molecule has 40 heavy (non-hydrogen) atoms. The second kappa shape index (κ2) is 14.8. The summed E-state index contributed by atoms with van der Waals surface area (Å²) < 4.78 is 40.1. The van der Waals surface area contributed by atoms with Crippen LogP contribution in [0.25, 0.3) is 0 Å². The van der Waals surface area contributed by atoms with E-state index in [1.165, 1.54) is 0 Å². The predicted molar refractivity (Wildman–Crippen MR) is 147 cm³/mol. The van der Waals surface area contributed by atoms with E-state index in [4.69, 9.17) is 0 Å². The van der Waals surface area contributed by atoms with Crippen molar-refractivity contribution in [3.05, 3.63) is 71.8 Å². The van der Waals surface area contributed by atoms with Crippen molar-refractivity contribution in [2.24, 2.45) is 0 Å². The zero-order chi connectivity index (χ0) is 29.1. The Morgan fingerprint density at radius 3 is 2.15 bits per heavy atom. The fraction of sp³-hybridized carbons (Fsp3) is 0.500. The average Bonchev–Trinajstić information content (AvgIpc) is 3.43. The van der Waals surface area contributed by atoms with Gasteiger partial charge >= 0.3 is 12.1 Å². The SMILES string of the molecule is CN[C@@H](C)C(=O)N[C@@H](CCc1ccccc1)C(=O)N1CCC[C@H]1CCN(CCc1ccccc1)C(=O)C(F)(F)F. The summed E-state index contributed by atoms with van der Waals surface area (Å²) in [6.45, 7) is 1.98. The maximum atomic E-state index is 13.7. The Morgan fingerprint density at radius 1 is 0.975 bits per heavy atom. The van der Waals surface area contributed by atoms with Crippen LogP contribution in [0.15, 0.2) is 60.7 Å². The summed E-state index contributed by atoms with van der Waals surface area (Å²) in [7, 11) is 1.66. The van der Waals surface area contributed by atoms with Gasteiger partial charge in [-0.2, -0.15) is 13.2 Å². The summed E-state index contributed by atoms with van der Waals surface area (Å²) in [5, 5.41) is 5.74. The standard InChI is InChI=1S/C30H39F3N4O3/c1-22(34-2)27(38)35-26(16-15-23-10-5-3-6-11-23)28(39)37-19-9-14-25(37)18-21-36(29(40)30(31,32)33)20-17-24-12-7-4-8-13-24/h3-8,10-13,22,25-26,34H,9,14-21H2,1-2H3,(H,35,38)/t22-,25-,26-/m0/s1. The summed E-state index contributed by atoms with van der Waals surface area (Å²) in [5.74, 6) is -2.41. The Balaban J connectivity index is 1.69. The van der Waals surface area contributed by atoms with E-state index >= 15 is 0 Å². The minimum atomic E-state index is -4.97. The first kappa shape index (κ1) is 31.1. The molecule has 1 aliphatic rings. The van der Waals surface area contributed by atoms with Crippen LogP contribution >= 0.6 is 0 Å². The minimum Gasteiger partial charge on any atom is -0.343 e. The van der Waals surface area contributed by atoms with Crippen molar-refractivity contribution in [1.82, 2.24) is 20.4 Å². The van der Waals surface area contributed by atoms with Crippen molar-refractivity contribution in [2.45, 2.75) is 69.8 Å². The molecule has 1 aliphatic heterocycles. The van der Waals surface area contributed by atoms with E-state index in [-0.39, 0.29) is 37.4 Å². The van der Waals surface area contributed by atoms with Crippen LogP contribution in [0.2, 0.25) is 0 Å². The third-order valence-corrected chi connectivity index (χ3v) is 7.44. The van der Waals surface area contributed by atoms with Crippen LogP contribution in [0.4, 0.5) is 13.2 Å². The van der Waals surface area contributed by atoms with Crippen molar-refractivity contribution in [3.8, 4) is 0 Å². The van der Waals surface area contributed by atoms with Crippen molar-refractivity contribution in [2.75, 3.05) is 26.7 Å². The summed E-state index contributed by atoms with van der Waals surface area (Å²) >= 11 is 0. The number of likely N-dealkylation sites (tertiary alicyclic amines) is 1. The number of carbonyl (C=O) groups excluding carboxylic acids is 3. The molecule has 1 heterocycles. The first-order valence-corrected chi connectivity index (χ1v) is 13.8. The zero-order valence-corrected chi connectivity index (χ0v) is 23.1. The maximum Gasteiger partial charge on any atom is 0.471 e. The highest BCUT2D eigenvalue weighted by Crippen LogP contribution is 2.25. The number of rotatable bonds is 13. The highest BCUT2D eigenvalue weighted by molar-refractivity contribution is 5.90. The van der Waals surface area contributed by atoms with Gasteiger partial charge in [0, 0.05) is 25.7 Å². The first-order valence-electron chi connectivity index (χ1n) is 13.8. The second-order valence-corrected chi connectivity index (χ2v) is 10.2. The third kappa shape index (κ3) is 9.08. The zero-order valence-electron chi connectivity index (χ0n) is 23.1. The molecule has 10 heteroatoms. The van der Waals surface area contributed by atoms with Gasteiger partial charge in [0.1, 0.15) is 6.04 Å².